The number of esters is 1. The molecular formula is C38H36N2O3. The summed E-state index contributed by atoms with van der Waals surface area (Å²) in [6.07, 6.45) is 0. The quantitative estimate of drug-likeness (QED) is 0.139. The molecule has 5 aromatic carbocycles. The molecule has 1 aliphatic rings. The van der Waals surface area contributed by atoms with Crippen LogP contribution in [0.5, 0.6) is 11.5 Å². The molecule has 0 saturated carbocycles. The maximum absolute atomic E-state index is 13.6. The third kappa shape index (κ3) is 6.26. The number of rotatable bonds is 8. The maximum atomic E-state index is 13.6. The van der Waals surface area contributed by atoms with Crippen molar-refractivity contribution in [2.24, 2.45) is 0 Å². The van der Waals surface area contributed by atoms with E-state index in [1.54, 1.807) is 0 Å². The molecule has 0 fully saturated rings. The molecule has 1 aliphatic heterocycles. The topological polar surface area (TPSA) is 42.0 Å². The minimum atomic E-state index is -0.403. The molecule has 0 atom stereocenters. The summed E-state index contributed by atoms with van der Waals surface area (Å²) in [5.41, 5.74) is 7.87. The fraction of sp³-hybridized carbons (Fsp3) is 0.184. The Labute approximate surface area is 253 Å². The van der Waals surface area contributed by atoms with E-state index in [2.05, 4.69) is 90.4 Å². The van der Waals surface area contributed by atoms with Crippen molar-refractivity contribution in [1.82, 2.24) is 0 Å². The Morgan fingerprint density at radius 2 is 1.16 bits per heavy atom. The highest BCUT2D eigenvalue weighted by Gasteiger charge is 2.23. The summed E-state index contributed by atoms with van der Waals surface area (Å²) in [5.74, 6) is 0.578. The van der Waals surface area contributed by atoms with Gasteiger partial charge >= 0.3 is 5.97 Å². The van der Waals surface area contributed by atoms with Crippen molar-refractivity contribution in [2.45, 2.75) is 33.5 Å². The summed E-state index contributed by atoms with van der Waals surface area (Å²) in [4.78, 5) is 18.2. The second kappa shape index (κ2) is 12.9. The van der Waals surface area contributed by atoms with Gasteiger partial charge in [-0.2, -0.15) is 0 Å². The first-order valence-corrected chi connectivity index (χ1v) is 14.9. The van der Waals surface area contributed by atoms with Crippen LogP contribution in [0.4, 0.5) is 11.4 Å². The Kier molecular flexibility index (Phi) is 8.41. The lowest BCUT2D eigenvalue weighted by Gasteiger charge is -2.27. The van der Waals surface area contributed by atoms with Crippen molar-refractivity contribution in [3.05, 3.63) is 144 Å². The van der Waals surface area contributed by atoms with E-state index in [1.807, 2.05) is 54.6 Å². The van der Waals surface area contributed by atoms with Crippen LogP contribution in [0.15, 0.2) is 121 Å². The fourth-order valence-corrected chi connectivity index (χ4v) is 5.67. The molecule has 216 valence electrons. The van der Waals surface area contributed by atoms with E-state index in [9.17, 15) is 4.79 Å². The number of nitrogens with zero attached hydrogens (tertiary/aromatic N) is 2. The minimum absolute atomic E-state index is 0.341. The molecule has 0 N–H and O–H groups in total. The van der Waals surface area contributed by atoms with Crippen molar-refractivity contribution in [2.75, 3.05) is 22.9 Å². The van der Waals surface area contributed by atoms with Gasteiger partial charge in [0.2, 0.25) is 0 Å². The molecular weight excluding hydrogens is 532 g/mol. The van der Waals surface area contributed by atoms with Crippen LogP contribution < -0.4 is 19.3 Å². The van der Waals surface area contributed by atoms with Crippen molar-refractivity contribution < 1.29 is 14.3 Å². The van der Waals surface area contributed by atoms with Gasteiger partial charge in [-0.25, -0.2) is 4.79 Å². The number of carbonyl (C=O) groups excluding carboxylic acids is 1. The van der Waals surface area contributed by atoms with E-state index in [-0.39, 0.29) is 0 Å². The number of benzene rings is 5. The molecule has 0 bridgehead atoms. The zero-order chi connectivity index (χ0) is 29.6. The number of ether oxygens (including phenoxy) is 2. The molecule has 1 heterocycles. The van der Waals surface area contributed by atoms with Crippen molar-refractivity contribution in [1.29, 1.82) is 0 Å². The predicted octanol–water partition coefficient (Wildman–Crippen LogP) is 8.52. The fourth-order valence-electron chi connectivity index (χ4n) is 5.67. The third-order valence-corrected chi connectivity index (χ3v) is 7.97. The van der Waals surface area contributed by atoms with Crippen LogP contribution in [0.3, 0.4) is 0 Å². The lowest BCUT2D eigenvalue weighted by molar-refractivity contribution is 0.0728. The van der Waals surface area contributed by atoms with E-state index in [0.717, 1.165) is 54.2 Å². The van der Waals surface area contributed by atoms with Gasteiger partial charge in [0.15, 0.2) is 11.5 Å². The smallest absolute Gasteiger partial charge is 0.344 e. The molecule has 0 amide bonds. The monoisotopic (exact) mass is 568 g/mol. The van der Waals surface area contributed by atoms with Crippen LogP contribution >= 0.6 is 0 Å². The highest BCUT2D eigenvalue weighted by molar-refractivity contribution is 5.99. The van der Waals surface area contributed by atoms with Crippen molar-refractivity contribution in [3.63, 3.8) is 0 Å². The van der Waals surface area contributed by atoms with Gasteiger partial charge < -0.3 is 19.3 Å². The number of fused-ring (bicyclic) bond motifs is 4. The molecule has 5 heteroatoms. The van der Waals surface area contributed by atoms with Crippen molar-refractivity contribution in [3.8, 4) is 22.6 Å². The summed E-state index contributed by atoms with van der Waals surface area (Å²) in [6, 6.07) is 40.9. The SMILES string of the molecule is CCN(CC)c1ccc2c(c1)OCc1ccc(N(Cc3ccccc3)Cc3ccccc3)cc1-c1ccccc1C(=O)O2. The zero-order valence-electron chi connectivity index (χ0n) is 24.7. The molecule has 0 unspecified atom stereocenters. The average Bonchev–Trinajstić information content (AvgIpc) is 3.05. The van der Waals surface area contributed by atoms with Crippen LogP contribution in [-0.2, 0) is 19.7 Å². The standard InChI is InChI=1S/C38H36N2O3/c1-3-39(4-2)32-21-22-36-37(24-32)42-27-30-19-20-31(23-35(30)33-17-11-12-18-34(33)38(41)43-36)40(25-28-13-7-5-8-14-28)26-29-15-9-6-10-16-29/h5-24H,3-4,25-27H2,1-2H3. The van der Waals surface area contributed by atoms with Crippen molar-refractivity contribution >= 4 is 17.3 Å². The third-order valence-electron chi connectivity index (χ3n) is 7.97. The summed E-state index contributed by atoms with van der Waals surface area (Å²) < 4.78 is 12.4. The van der Waals surface area contributed by atoms with Crippen LogP contribution in [0.1, 0.15) is 40.9 Å². The lowest BCUT2D eigenvalue weighted by Crippen LogP contribution is -2.22. The van der Waals surface area contributed by atoms with Gasteiger partial charge in [-0.3, -0.25) is 0 Å². The summed E-state index contributed by atoms with van der Waals surface area (Å²) in [6.45, 7) is 7.83. The first-order chi connectivity index (χ1) is 21.1. The first kappa shape index (κ1) is 28.1. The Hall–Kier alpha value is -5.03. The average molecular weight is 569 g/mol. The highest BCUT2D eigenvalue weighted by Crippen LogP contribution is 2.38. The molecule has 0 aliphatic carbocycles. The number of carbonyl (C=O) groups is 1. The molecule has 0 saturated heterocycles. The van der Waals surface area contributed by atoms with Gasteiger partial charge in [-0.15, -0.1) is 0 Å². The van der Waals surface area contributed by atoms with Gasteiger partial charge in [0.05, 0.1) is 5.56 Å². The Balaban J connectivity index is 1.43. The Morgan fingerprint density at radius 3 is 1.81 bits per heavy atom. The Morgan fingerprint density at radius 1 is 0.581 bits per heavy atom. The zero-order valence-corrected chi connectivity index (χ0v) is 24.7. The highest BCUT2D eigenvalue weighted by atomic mass is 16.6. The van der Waals surface area contributed by atoms with Gasteiger partial charge in [0.25, 0.3) is 0 Å². The van der Waals surface area contributed by atoms with Crippen LogP contribution in [0.2, 0.25) is 0 Å². The van der Waals surface area contributed by atoms with Gasteiger partial charge in [-0.1, -0.05) is 84.9 Å². The largest absolute Gasteiger partial charge is 0.485 e. The minimum Gasteiger partial charge on any atom is -0.485 e. The second-order valence-corrected chi connectivity index (χ2v) is 10.7. The van der Waals surface area contributed by atoms with E-state index in [0.29, 0.717) is 23.7 Å². The summed E-state index contributed by atoms with van der Waals surface area (Å²) in [7, 11) is 0. The number of anilines is 2. The second-order valence-electron chi connectivity index (χ2n) is 10.7. The van der Waals surface area contributed by atoms with E-state index < -0.39 is 5.97 Å². The normalized spacial score (nSPS) is 12.2. The van der Waals surface area contributed by atoms with E-state index >= 15 is 0 Å². The predicted molar refractivity (Wildman–Crippen MR) is 174 cm³/mol. The van der Waals surface area contributed by atoms with Crippen LogP contribution in [-0.4, -0.2) is 19.1 Å². The first-order valence-electron chi connectivity index (χ1n) is 14.9. The molecule has 5 aromatic rings. The van der Waals surface area contributed by atoms with Crippen LogP contribution in [0, 0.1) is 0 Å². The molecule has 0 aromatic heterocycles. The molecule has 43 heavy (non-hydrogen) atoms. The Bertz CT molecular complexity index is 1660. The van der Waals surface area contributed by atoms with Gasteiger partial charge in [0, 0.05) is 43.6 Å². The number of hydrogen-bond acceptors (Lipinski definition) is 5. The lowest BCUT2D eigenvalue weighted by atomic mass is 9.94. The molecule has 0 spiro atoms. The van der Waals surface area contributed by atoms with E-state index in [4.69, 9.17) is 9.47 Å². The molecule has 5 nitrogen and oxygen atoms in total. The van der Waals surface area contributed by atoms with Gasteiger partial charge in [0.1, 0.15) is 6.61 Å². The number of hydrogen-bond donors (Lipinski definition) is 0. The van der Waals surface area contributed by atoms with Crippen LogP contribution in [0.25, 0.3) is 11.1 Å². The maximum Gasteiger partial charge on any atom is 0.344 e. The summed E-state index contributed by atoms with van der Waals surface area (Å²) >= 11 is 0. The molecule has 6 rings (SSSR count). The molecule has 0 radical (unpaired) electrons. The van der Waals surface area contributed by atoms with E-state index in [1.165, 1.54) is 11.1 Å². The van der Waals surface area contributed by atoms with Gasteiger partial charge in [-0.05, 0) is 72.0 Å². The summed E-state index contributed by atoms with van der Waals surface area (Å²) in [5, 5.41) is 0.